The van der Waals surface area contributed by atoms with Crippen LogP contribution in [0.5, 0.6) is 0 Å². The van der Waals surface area contributed by atoms with Crippen molar-refractivity contribution >= 4 is 33.2 Å². The Morgan fingerprint density at radius 1 is 1.14 bits per heavy atom. The number of nitrogens with zero attached hydrogens (tertiary/aromatic N) is 2. The fourth-order valence-corrected chi connectivity index (χ4v) is 3.99. The Hall–Kier alpha value is -2.87. The largest absolute Gasteiger partial charge is 0.350 e. The van der Waals surface area contributed by atoms with E-state index in [-0.39, 0.29) is 19.0 Å². The summed E-state index contributed by atoms with van der Waals surface area (Å²) in [6.45, 7) is 0.656. The van der Waals surface area contributed by atoms with E-state index in [2.05, 4.69) is 5.32 Å². The number of benzene rings is 2. The van der Waals surface area contributed by atoms with Gasteiger partial charge in [-0.2, -0.15) is 0 Å². The summed E-state index contributed by atoms with van der Waals surface area (Å²) in [6.07, 6.45) is 2.48. The summed E-state index contributed by atoms with van der Waals surface area (Å²) in [5, 5.41) is 2.75. The monoisotopic (exact) mass is 401 g/mol. The number of anilines is 2. The van der Waals surface area contributed by atoms with Crippen LogP contribution < -0.4 is 14.5 Å². The Kier molecular flexibility index (Phi) is 5.99. The highest BCUT2D eigenvalue weighted by Gasteiger charge is 2.22. The number of carbonyl (C=O) groups is 2. The van der Waals surface area contributed by atoms with Crippen LogP contribution in [0.15, 0.2) is 54.6 Å². The maximum absolute atomic E-state index is 12.4. The Morgan fingerprint density at radius 3 is 2.54 bits per heavy atom. The lowest BCUT2D eigenvalue weighted by molar-refractivity contribution is -0.120. The van der Waals surface area contributed by atoms with Crippen LogP contribution in [0.1, 0.15) is 18.4 Å². The fourth-order valence-electron chi connectivity index (χ4n) is 3.14. The predicted octanol–water partition coefficient (Wildman–Crippen LogP) is 1.90. The lowest BCUT2D eigenvalue weighted by Crippen LogP contribution is -2.40. The number of sulfonamides is 1. The van der Waals surface area contributed by atoms with Gasteiger partial charge in [0.25, 0.3) is 0 Å². The Morgan fingerprint density at radius 2 is 1.89 bits per heavy atom. The number of rotatable bonds is 7. The molecule has 0 aromatic heterocycles. The molecule has 2 aromatic rings. The highest BCUT2D eigenvalue weighted by Crippen LogP contribution is 2.22. The first-order valence-corrected chi connectivity index (χ1v) is 10.9. The van der Waals surface area contributed by atoms with Gasteiger partial charge in [-0.15, -0.1) is 0 Å². The van der Waals surface area contributed by atoms with Gasteiger partial charge in [0, 0.05) is 25.2 Å². The highest BCUT2D eigenvalue weighted by molar-refractivity contribution is 7.92. The zero-order valence-electron chi connectivity index (χ0n) is 15.7. The molecular formula is C20H23N3O4S. The van der Waals surface area contributed by atoms with Crippen molar-refractivity contribution in [2.45, 2.75) is 19.4 Å². The van der Waals surface area contributed by atoms with Crippen LogP contribution >= 0.6 is 0 Å². The van der Waals surface area contributed by atoms with Crippen molar-refractivity contribution in [2.75, 3.05) is 28.6 Å². The van der Waals surface area contributed by atoms with Gasteiger partial charge in [-0.3, -0.25) is 13.9 Å². The Balaban J connectivity index is 1.64. The molecule has 1 N–H and O–H groups in total. The van der Waals surface area contributed by atoms with Crippen LogP contribution in [0.25, 0.3) is 0 Å². The van der Waals surface area contributed by atoms with E-state index in [0.29, 0.717) is 18.7 Å². The van der Waals surface area contributed by atoms with E-state index >= 15 is 0 Å². The van der Waals surface area contributed by atoms with Crippen LogP contribution in [-0.2, 0) is 26.2 Å². The van der Waals surface area contributed by atoms with Crippen LogP contribution in [0.3, 0.4) is 0 Å². The normalized spacial score (nSPS) is 14.2. The van der Waals surface area contributed by atoms with Gasteiger partial charge < -0.3 is 10.2 Å². The molecule has 0 aliphatic carbocycles. The van der Waals surface area contributed by atoms with Crippen LogP contribution in [0, 0.1) is 0 Å². The highest BCUT2D eigenvalue weighted by atomic mass is 32.2. The Bertz CT molecular complexity index is 960. The lowest BCUT2D eigenvalue weighted by Gasteiger charge is -2.22. The van der Waals surface area contributed by atoms with Crippen molar-refractivity contribution in [3.8, 4) is 0 Å². The van der Waals surface area contributed by atoms with Gasteiger partial charge in [0.2, 0.25) is 21.8 Å². The second kappa shape index (κ2) is 8.43. The second-order valence-electron chi connectivity index (χ2n) is 6.70. The molecule has 1 fully saturated rings. The van der Waals surface area contributed by atoms with Crippen molar-refractivity contribution in [2.24, 2.45) is 0 Å². The van der Waals surface area contributed by atoms with E-state index in [0.717, 1.165) is 28.2 Å². The molecule has 0 radical (unpaired) electrons. The zero-order valence-corrected chi connectivity index (χ0v) is 16.5. The van der Waals surface area contributed by atoms with Gasteiger partial charge in [0.05, 0.1) is 11.9 Å². The van der Waals surface area contributed by atoms with Crippen LogP contribution in [0.2, 0.25) is 0 Å². The third kappa shape index (κ3) is 4.89. The van der Waals surface area contributed by atoms with Gasteiger partial charge in [0.15, 0.2) is 0 Å². The minimum atomic E-state index is -3.59. The molecule has 28 heavy (non-hydrogen) atoms. The number of hydrogen-bond acceptors (Lipinski definition) is 4. The number of hydrogen-bond donors (Lipinski definition) is 1. The molecular weight excluding hydrogens is 378 g/mol. The molecule has 148 valence electrons. The van der Waals surface area contributed by atoms with Crippen LogP contribution in [-0.4, -0.2) is 39.6 Å². The maximum atomic E-state index is 12.4. The molecule has 8 heteroatoms. The van der Waals surface area contributed by atoms with E-state index in [1.165, 1.54) is 0 Å². The van der Waals surface area contributed by atoms with Gasteiger partial charge in [-0.05, 0) is 36.2 Å². The molecule has 0 atom stereocenters. The minimum absolute atomic E-state index is 0.104. The van der Waals surface area contributed by atoms with Gasteiger partial charge in [-0.25, -0.2) is 8.42 Å². The SMILES string of the molecule is CS(=O)(=O)N(CC(=O)NCc1cccc(N2CCCC2=O)c1)c1ccccc1. The molecule has 0 bridgehead atoms. The van der Waals surface area contributed by atoms with E-state index in [1.54, 1.807) is 35.2 Å². The number of nitrogens with one attached hydrogen (secondary N) is 1. The zero-order chi connectivity index (χ0) is 20.1. The van der Waals surface area contributed by atoms with E-state index < -0.39 is 15.9 Å². The van der Waals surface area contributed by atoms with Crippen molar-refractivity contribution in [3.05, 3.63) is 60.2 Å². The minimum Gasteiger partial charge on any atom is -0.350 e. The molecule has 0 unspecified atom stereocenters. The van der Waals surface area contributed by atoms with Gasteiger partial charge in [0.1, 0.15) is 6.54 Å². The fraction of sp³-hybridized carbons (Fsp3) is 0.300. The summed E-state index contributed by atoms with van der Waals surface area (Å²) in [7, 11) is -3.59. The first-order chi connectivity index (χ1) is 13.3. The first kappa shape index (κ1) is 19.9. The summed E-state index contributed by atoms with van der Waals surface area (Å²) >= 11 is 0. The topological polar surface area (TPSA) is 86.8 Å². The average molecular weight is 401 g/mol. The summed E-state index contributed by atoms with van der Waals surface area (Å²) in [5.41, 5.74) is 2.10. The van der Waals surface area contributed by atoms with E-state index in [4.69, 9.17) is 0 Å². The molecule has 7 nitrogen and oxygen atoms in total. The maximum Gasteiger partial charge on any atom is 0.241 e. The van der Waals surface area contributed by atoms with Crippen LogP contribution in [0.4, 0.5) is 11.4 Å². The molecule has 1 heterocycles. The molecule has 1 aliphatic rings. The number of carbonyl (C=O) groups excluding carboxylic acids is 2. The first-order valence-electron chi connectivity index (χ1n) is 9.03. The third-order valence-corrected chi connectivity index (χ3v) is 5.66. The molecule has 2 aromatic carbocycles. The molecule has 3 rings (SSSR count). The molecule has 1 saturated heterocycles. The predicted molar refractivity (Wildman–Crippen MR) is 109 cm³/mol. The quantitative estimate of drug-likeness (QED) is 0.768. The number of para-hydroxylation sites is 1. The Labute approximate surface area is 165 Å². The smallest absolute Gasteiger partial charge is 0.241 e. The van der Waals surface area contributed by atoms with E-state index in [9.17, 15) is 18.0 Å². The van der Waals surface area contributed by atoms with Gasteiger partial charge >= 0.3 is 0 Å². The number of amides is 2. The lowest BCUT2D eigenvalue weighted by atomic mass is 10.2. The molecule has 2 amide bonds. The molecule has 1 aliphatic heterocycles. The average Bonchev–Trinajstić information content (AvgIpc) is 3.10. The molecule has 0 saturated carbocycles. The standard InChI is InChI=1S/C20H23N3O4S/c1-28(26,27)23(17-8-3-2-4-9-17)15-19(24)21-14-16-7-5-10-18(13-16)22-12-6-11-20(22)25/h2-5,7-10,13H,6,11-12,14-15H2,1H3,(H,21,24). The van der Waals surface area contributed by atoms with Crippen molar-refractivity contribution < 1.29 is 18.0 Å². The van der Waals surface area contributed by atoms with Crippen molar-refractivity contribution in [3.63, 3.8) is 0 Å². The summed E-state index contributed by atoms with van der Waals surface area (Å²) < 4.78 is 25.2. The summed E-state index contributed by atoms with van der Waals surface area (Å²) in [6, 6.07) is 15.9. The van der Waals surface area contributed by atoms with Gasteiger partial charge in [-0.1, -0.05) is 30.3 Å². The van der Waals surface area contributed by atoms with Crippen molar-refractivity contribution in [1.29, 1.82) is 0 Å². The summed E-state index contributed by atoms with van der Waals surface area (Å²) in [4.78, 5) is 26.0. The van der Waals surface area contributed by atoms with E-state index in [1.807, 2.05) is 24.3 Å². The second-order valence-corrected chi connectivity index (χ2v) is 8.61. The third-order valence-electron chi connectivity index (χ3n) is 4.52. The molecule has 0 spiro atoms. The van der Waals surface area contributed by atoms with Crippen molar-refractivity contribution in [1.82, 2.24) is 5.32 Å². The summed E-state index contributed by atoms with van der Waals surface area (Å²) in [5.74, 6) is -0.301.